The Hall–Kier alpha value is -2.20. The van der Waals surface area contributed by atoms with E-state index in [9.17, 15) is 0 Å². The third-order valence-electron chi connectivity index (χ3n) is 4.14. The summed E-state index contributed by atoms with van der Waals surface area (Å²) >= 11 is 6.36. The monoisotopic (exact) mass is 384 g/mol. The van der Waals surface area contributed by atoms with Gasteiger partial charge in [0, 0.05) is 18.4 Å². The zero-order valence-electron chi connectivity index (χ0n) is 15.2. The molecule has 5 nitrogen and oxygen atoms in total. The lowest BCUT2D eigenvalue weighted by atomic mass is 10.0. The first-order valence-electron chi connectivity index (χ1n) is 8.47. The first kappa shape index (κ1) is 18.6. The van der Waals surface area contributed by atoms with Crippen LogP contribution < -0.4 is 0 Å². The van der Waals surface area contributed by atoms with Crippen molar-refractivity contribution in [2.75, 3.05) is 6.61 Å². The fourth-order valence-corrected chi connectivity index (χ4v) is 3.69. The van der Waals surface area contributed by atoms with Crippen molar-refractivity contribution in [1.82, 2.24) is 14.5 Å². The largest absolute Gasteiger partial charge is 0.364 e. The molecular formula is C19H21ClN4OSi-. The van der Waals surface area contributed by atoms with E-state index in [0.29, 0.717) is 17.4 Å². The lowest BCUT2D eigenvalue weighted by Gasteiger charge is -2.26. The van der Waals surface area contributed by atoms with Crippen LogP contribution in [-0.2, 0) is 11.5 Å². The predicted molar refractivity (Wildman–Crippen MR) is 107 cm³/mol. The van der Waals surface area contributed by atoms with Gasteiger partial charge < -0.3 is 9.30 Å². The Labute approximate surface area is 159 Å². The molecule has 1 aromatic carbocycles. The van der Waals surface area contributed by atoms with Crippen LogP contribution >= 0.6 is 11.6 Å². The minimum absolute atomic E-state index is 0.396. The van der Waals surface area contributed by atoms with Crippen LogP contribution in [0.3, 0.4) is 0 Å². The van der Waals surface area contributed by atoms with Crippen molar-refractivity contribution in [1.29, 1.82) is 5.26 Å². The lowest BCUT2D eigenvalue weighted by molar-refractivity contribution is 0.0899. The van der Waals surface area contributed by atoms with E-state index in [1.165, 1.54) is 6.33 Å². The Morgan fingerprint density at radius 1 is 1.27 bits per heavy atom. The van der Waals surface area contributed by atoms with Gasteiger partial charge in [-0.05, 0) is 17.7 Å². The molecule has 0 aliphatic carbocycles. The maximum absolute atomic E-state index is 9.17. The van der Waals surface area contributed by atoms with E-state index < -0.39 is 8.07 Å². The molecule has 0 saturated heterocycles. The highest BCUT2D eigenvalue weighted by molar-refractivity contribution is 6.76. The Morgan fingerprint density at radius 3 is 2.81 bits per heavy atom. The molecular weight excluding hydrogens is 364 g/mol. The number of nitrogens with zero attached hydrogens (tertiary/aromatic N) is 4. The molecule has 0 aliphatic rings. The van der Waals surface area contributed by atoms with E-state index in [1.54, 1.807) is 6.07 Å². The topological polar surface area (TPSA) is 63.7 Å². The van der Waals surface area contributed by atoms with Crippen molar-refractivity contribution in [2.45, 2.75) is 32.4 Å². The van der Waals surface area contributed by atoms with Gasteiger partial charge in [-0.2, -0.15) is 24.9 Å². The number of hydrogen-bond acceptors (Lipinski definition) is 4. The standard InChI is InChI=1S/C19H21ClN4OSi/c1-26(2,3)8-7-25-13-24-11-16(15-6-4-5-14(9-15)10-21)17-18(20)22-12-23-19(17)24/h4-6,9,11-12H,7-8,13H2,1-3H3/q-1. The number of halogens is 1. The maximum Gasteiger partial charge on any atom is 0.147 e. The molecule has 3 aromatic rings. The molecule has 0 aliphatic heterocycles. The molecule has 0 saturated carbocycles. The highest BCUT2D eigenvalue weighted by Gasteiger charge is 2.16. The summed E-state index contributed by atoms with van der Waals surface area (Å²) in [6, 6.07) is 10.7. The summed E-state index contributed by atoms with van der Waals surface area (Å²) in [5.74, 6) is 0. The highest BCUT2D eigenvalue weighted by Crippen LogP contribution is 2.33. The molecule has 0 N–H and O–H groups in total. The second-order valence-corrected chi connectivity index (χ2v) is 13.4. The number of fused-ring (bicyclic) bond motifs is 1. The summed E-state index contributed by atoms with van der Waals surface area (Å²) in [4.78, 5) is 8.51. The third kappa shape index (κ3) is 4.13. The van der Waals surface area contributed by atoms with Crippen LogP contribution in [0.1, 0.15) is 5.56 Å². The van der Waals surface area contributed by atoms with Crippen LogP contribution in [0.25, 0.3) is 22.2 Å². The van der Waals surface area contributed by atoms with E-state index >= 15 is 0 Å². The second kappa shape index (κ2) is 7.58. The van der Waals surface area contributed by atoms with Gasteiger partial charge in [-0.1, -0.05) is 23.7 Å². The zero-order valence-corrected chi connectivity index (χ0v) is 16.9. The minimum Gasteiger partial charge on any atom is -0.364 e. The molecule has 0 amide bonds. The van der Waals surface area contributed by atoms with Crippen molar-refractivity contribution in [3.05, 3.63) is 47.5 Å². The summed E-state index contributed by atoms with van der Waals surface area (Å²) in [5.41, 5.74) is 3.14. The quantitative estimate of drug-likeness (QED) is 0.343. The Bertz CT molecular complexity index is 972. The molecule has 0 radical (unpaired) electrons. The van der Waals surface area contributed by atoms with Gasteiger partial charge in [0.05, 0.1) is 17.0 Å². The summed E-state index contributed by atoms with van der Waals surface area (Å²) in [6.45, 7) is 8.12. The first-order valence-corrected chi connectivity index (χ1v) is 12.6. The van der Waals surface area contributed by atoms with Gasteiger partial charge in [0.15, 0.2) is 0 Å². The molecule has 0 atom stereocenters. The normalized spacial score (nSPS) is 11.7. The maximum atomic E-state index is 9.17. The molecule has 0 bridgehead atoms. The molecule has 0 fully saturated rings. The molecule has 26 heavy (non-hydrogen) atoms. The van der Waals surface area contributed by atoms with Gasteiger partial charge >= 0.3 is 0 Å². The van der Waals surface area contributed by atoms with Crippen molar-refractivity contribution in [3.63, 3.8) is 0 Å². The lowest BCUT2D eigenvalue weighted by Crippen LogP contribution is -2.22. The van der Waals surface area contributed by atoms with Crippen molar-refractivity contribution in [2.24, 2.45) is 0 Å². The van der Waals surface area contributed by atoms with E-state index in [4.69, 9.17) is 21.6 Å². The molecule has 0 unspecified atom stereocenters. The molecule has 7 heteroatoms. The van der Waals surface area contributed by atoms with Crippen molar-refractivity contribution < 1.29 is 4.74 Å². The van der Waals surface area contributed by atoms with Crippen LogP contribution in [0.5, 0.6) is 0 Å². The smallest absolute Gasteiger partial charge is 0.147 e. The number of benzene rings is 1. The second-order valence-electron chi connectivity index (χ2n) is 7.42. The summed E-state index contributed by atoms with van der Waals surface area (Å²) in [7, 11) is -1.13. The van der Waals surface area contributed by atoms with Crippen molar-refractivity contribution in [3.8, 4) is 17.2 Å². The van der Waals surface area contributed by atoms with Gasteiger partial charge in [0.25, 0.3) is 0 Å². The average Bonchev–Trinajstić information content (AvgIpc) is 2.98. The molecule has 2 heterocycles. The summed E-state index contributed by atoms with van der Waals surface area (Å²) in [6.07, 6.45) is 3.43. The van der Waals surface area contributed by atoms with E-state index in [-0.39, 0.29) is 0 Å². The zero-order chi connectivity index (χ0) is 18.7. The number of rotatable bonds is 6. The number of aromatic nitrogens is 3. The predicted octanol–water partition coefficient (Wildman–Crippen LogP) is 4.94. The molecule has 135 valence electrons. The van der Waals surface area contributed by atoms with E-state index in [0.717, 1.165) is 34.8 Å². The number of hydrogen-bond donors (Lipinski definition) is 0. The Balaban J connectivity index is 1.96. The minimum atomic E-state index is -1.13. The number of nitriles is 1. The molecule has 0 spiro atoms. The van der Waals surface area contributed by atoms with Crippen LogP contribution in [0, 0.1) is 11.3 Å². The average molecular weight is 385 g/mol. The summed E-state index contributed by atoms with van der Waals surface area (Å²) in [5, 5.41) is 10.3. The van der Waals surface area contributed by atoms with Crippen molar-refractivity contribution >= 4 is 30.7 Å². The van der Waals surface area contributed by atoms with Crippen LogP contribution in [0.15, 0.2) is 36.8 Å². The van der Waals surface area contributed by atoms with Gasteiger partial charge in [-0.25, -0.2) is 9.97 Å². The number of ether oxygens (including phenoxy) is 1. The first-order chi connectivity index (χ1) is 12.4. The van der Waals surface area contributed by atoms with E-state index in [2.05, 4.69) is 35.7 Å². The Morgan fingerprint density at radius 2 is 2.08 bits per heavy atom. The summed E-state index contributed by atoms with van der Waals surface area (Å²) < 4.78 is 7.83. The van der Waals surface area contributed by atoms with Crippen LogP contribution in [0.4, 0.5) is 0 Å². The molecule has 3 rings (SSSR count). The fraction of sp³-hybridized carbons (Fsp3) is 0.316. The van der Waals surface area contributed by atoms with E-state index in [1.807, 2.05) is 29.0 Å². The van der Waals surface area contributed by atoms with Crippen LogP contribution in [-0.4, -0.2) is 29.2 Å². The fourth-order valence-electron chi connectivity index (χ4n) is 2.70. The van der Waals surface area contributed by atoms with Gasteiger partial charge in [-0.3, -0.25) is 0 Å². The third-order valence-corrected chi connectivity index (χ3v) is 6.13. The highest BCUT2D eigenvalue weighted by atomic mass is 35.5. The Kier molecular flexibility index (Phi) is 5.42. The van der Waals surface area contributed by atoms with Gasteiger partial charge in [0.2, 0.25) is 0 Å². The molecule has 2 aromatic heterocycles. The van der Waals surface area contributed by atoms with Gasteiger partial charge in [0.1, 0.15) is 23.9 Å². The van der Waals surface area contributed by atoms with Gasteiger partial charge in [-0.15, -0.1) is 14.1 Å². The SMILES string of the molecule is C[Si-](C)(C)CCOCn1cc(-c2cccc(C#N)c2)c2c(Cl)ncnc21. The van der Waals surface area contributed by atoms with Crippen LogP contribution in [0.2, 0.25) is 30.8 Å².